The van der Waals surface area contributed by atoms with Crippen LogP contribution < -0.4 is 28.2 Å². The normalized spacial score (nSPS) is 21.5. The summed E-state index contributed by atoms with van der Waals surface area (Å²) >= 11 is 3.11. The van der Waals surface area contributed by atoms with Crippen LogP contribution in [0.1, 0.15) is 24.7 Å². The molecule has 1 N–H and O–H groups in total. The molecule has 1 heterocycles. The molecule has 0 spiro atoms. The van der Waals surface area contributed by atoms with E-state index >= 15 is 0 Å². The summed E-state index contributed by atoms with van der Waals surface area (Å²) in [5.74, 6) is 2.05. The molecule has 0 bridgehead atoms. The molecule has 1 saturated carbocycles. The molecule has 1 aliphatic carbocycles. The summed E-state index contributed by atoms with van der Waals surface area (Å²) in [7, 11) is 0. The van der Waals surface area contributed by atoms with Crippen molar-refractivity contribution in [1.29, 1.82) is 0 Å². The van der Waals surface area contributed by atoms with Gasteiger partial charge >= 0.3 is 170 Å². The van der Waals surface area contributed by atoms with Crippen LogP contribution in [0, 0.1) is 18.8 Å². The first-order chi connectivity index (χ1) is 12.5. The molecule has 0 radical (unpaired) electrons. The summed E-state index contributed by atoms with van der Waals surface area (Å²) in [6.45, 7) is 4.29. The maximum absolute atomic E-state index is 11.2. The van der Waals surface area contributed by atoms with Crippen LogP contribution in [0.4, 0.5) is 4.79 Å². The van der Waals surface area contributed by atoms with E-state index in [0.717, 1.165) is 35.7 Å². The van der Waals surface area contributed by atoms with Crippen molar-refractivity contribution in [3.8, 4) is 11.4 Å². The van der Waals surface area contributed by atoms with Gasteiger partial charge in [-0.15, -0.1) is 0 Å². The van der Waals surface area contributed by atoms with Crippen molar-refractivity contribution in [3.05, 3.63) is 35.7 Å². The van der Waals surface area contributed by atoms with Gasteiger partial charge in [-0.3, -0.25) is 0 Å². The molecule has 0 aliphatic heterocycles. The van der Waals surface area contributed by atoms with E-state index in [4.69, 9.17) is 6.13 Å². The fourth-order valence-corrected chi connectivity index (χ4v) is 6.55. The molecular formula is C16H18I3N4O3-. The molecule has 1 aromatic carbocycles. The Hall–Kier alpha value is -0.380. The average molecular weight is 695 g/mol. The van der Waals surface area contributed by atoms with E-state index in [2.05, 4.69) is 20.8 Å². The molecule has 0 saturated heterocycles. The Morgan fingerprint density at radius 2 is 2.12 bits per heavy atom. The van der Waals surface area contributed by atoms with Crippen molar-refractivity contribution in [2.24, 2.45) is 11.8 Å². The quantitative estimate of drug-likeness (QED) is 0.266. The van der Waals surface area contributed by atoms with Gasteiger partial charge in [0.05, 0.1) is 0 Å². The number of aromatic nitrogens is 3. The Morgan fingerprint density at radius 1 is 1.38 bits per heavy atom. The maximum atomic E-state index is 11.2. The molecule has 1 amide bonds. The predicted octanol–water partition coefficient (Wildman–Crippen LogP) is 0.952. The summed E-state index contributed by atoms with van der Waals surface area (Å²) in [6.07, 6.45) is 1.63. The van der Waals surface area contributed by atoms with Gasteiger partial charge in [0.25, 0.3) is 0 Å². The number of rotatable bonds is 7. The van der Waals surface area contributed by atoms with Crippen LogP contribution >= 0.6 is 45.9 Å². The number of carbonyl (C=O) groups is 1. The number of amides is 1. The average Bonchev–Trinajstić information content (AvgIpc) is 3.13. The number of nitrogens with one attached hydrogen (secondary N) is 1. The fraction of sp³-hybridized carbons (Fsp3) is 0.438. The van der Waals surface area contributed by atoms with Crippen molar-refractivity contribution >= 4 is 52.0 Å². The molecule has 1 fully saturated rings. The van der Waals surface area contributed by atoms with Crippen LogP contribution in [-0.2, 0) is 9.49 Å². The standard InChI is InChI=1S/C16H18I3N4O3/c1-9-13(15(9)19-26-16(24)20-17)7-8-14-10(2)23(22-21-14)11-3-5-12(25-18)6-4-11/h3-6,9,13,15H,7-8H2,1-2H3,(H,20,24)/q-1/t9?,13?,15-/m0/s1. The minimum absolute atomic E-state index is 0.325. The van der Waals surface area contributed by atoms with Gasteiger partial charge in [0.2, 0.25) is 0 Å². The van der Waals surface area contributed by atoms with E-state index in [9.17, 15) is 4.79 Å². The van der Waals surface area contributed by atoms with Crippen molar-refractivity contribution in [3.63, 3.8) is 0 Å². The molecule has 142 valence electrons. The first kappa shape index (κ1) is 20.4. The number of alkyl halides is 1. The van der Waals surface area contributed by atoms with Crippen LogP contribution in [0.15, 0.2) is 24.3 Å². The molecule has 1 aliphatic rings. The summed E-state index contributed by atoms with van der Waals surface area (Å²) < 4.78 is 15.3. The van der Waals surface area contributed by atoms with E-state index in [1.54, 1.807) is 22.9 Å². The second-order valence-electron chi connectivity index (χ2n) is 6.16. The van der Waals surface area contributed by atoms with Gasteiger partial charge in [0, 0.05) is 0 Å². The second kappa shape index (κ2) is 9.21. The summed E-state index contributed by atoms with van der Waals surface area (Å²) in [6, 6.07) is 7.76. The molecule has 1 aromatic heterocycles. The number of carbonyl (C=O) groups excluding carboxylic acids is 1. The molecular weight excluding hydrogens is 677 g/mol. The number of nitrogens with zero attached hydrogens (tertiary/aromatic N) is 3. The first-order valence-corrected chi connectivity index (χ1v) is 12.1. The molecule has 3 atom stereocenters. The van der Waals surface area contributed by atoms with Gasteiger partial charge in [0.1, 0.15) is 0 Å². The molecule has 3 rings (SSSR count). The zero-order chi connectivity index (χ0) is 18.7. The number of aryl methyl sites for hydroxylation is 1. The van der Waals surface area contributed by atoms with Crippen LogP contribution in [-0.4, -0.2) is 25.0 Å². The van der Waals surface area contributed by atoms with Crippen molar-refractivity contribution in [1.82, 2.24) is 18.5 Å². The number of hydrogen-bond donors (Lipinski definition) is 1. The number of benzene rings is 1. The van der Waals surface area contributed by atoms with Crippen molar-refractivity contribution in [2.45, 2.75) is 30.6 Å². The van der Waals surface area contributed by atoms with E-state index in [-0.39, 0.29) is 6.09 Å². The molecule has 2 unspecified atom stereocenters. The van der Waals surface area contributed by atoms with Gasteiger partial charge in [0.15, 0.2) is 23.0 Å². The third-order valence-electron chi connectivity index (χ3n) is 4.62. The Bertz CT molecular complexity index is 769. The zero-order valence-corrected chi connectivity index (χ0v) is 20.6. The van der Waals surface area contributed by atoms with Crippen molar-refractivity contribution < 1.29 is 32.5 Å². The number of hydrogen-bond acceptors (Lipinski definition) is 5. The summed E-state index contributed by atoms with van der Waals surface area (Å²) in [4.78, 5) is 11.2. The van der Waals surface area contributed by atoms with Crippen LogP contribution in [0.3, 0.4) is 0 Å². The van der Waals surface area contributed by atoms with Crippen LogP contribution in [0.2, 0.25) is 0 Å². The van der Waals surface area contributed by atoms with Crippen molar-refractivity contribution in [2.75, 3.05) is 0 Å². The topological polar surface area (TPSA) is 78.3 Å². The van der Waals surface area contributed by atoms with E-state index in [0.29, 0.717) is 15.8 Å². The van der Waals surface area contributed by atoms with Gasteiger partial charge in [-0.05, 0) is 0 Å². The fourth-order valence-electron chi connectivity index (χ4n) is 2.95. The first-order valence-electron chi connectivity index (χ1n) is 8.06. The second-order valence-corrected chi connectivity index (χ2v) is 9.53. The van der Waals surface area contributed by atoms with Gasteiger partial charge in [-0.2, -0.15) is 0 Å². The van der Waals surface area contributed by atoms with Crippen LogP contribution in [0.5, 0.6) is 5.75 Å². The predicted molar refractivity (Wildman–Crippen MR) is 109 cm³/mol. The molecule has 2 aromatic rings. The molecule has 7 nitrogen and oxygen atoms in total. The monoisotopic (exact) mass is 695 g/mol. The Morgan fingerprint density at radius 3 is 2.77 bits per heavy atom. The third-order valence-corrected chi connectivity index (χ3v) is 8.86. The Balaban J connectivity index is 1.56. The van der Waals surface area contributed by atoms with Gasteiger partial charge in [-0.25, -0.2) is 0 Å². The van der Waals surface area contributed by atoms with Crippen LogP contribution in [0.25, 0.3) is 5.69 Å². The van der Waals surface area contributed by atoms with E-state index in [1.165, 1.54) is 0 Å². The molecule has 10 heteroatoms. The summed E-state index contributed by atoms with van der Waals surface area (Å²) in [5.41, 5.74) is 3.06. The van der Waals surface area contributed by atoms with Gasteiger partial charge < -0.3 is 0 Å². The SMILES string of the molecule is Cc1c(CCC2C(C)[C@@H]2[I-]OC(=O)NI)nnn1-c1ccc(OI)cc1. The Labute approximate surface area is 191 Å². The van der Waals surface area contributed by atoms with Gasteiger partial charge in [-0.1, -0.05) is 0 Å². The van der Waals surface area contributed by atoms with E-state index in [1.807, 2.05) is 58.9 Å². The Kier molecular flexibility index (Phi) is 7.21. The van der Waals surface area contributed by atoms with E-state index < -0.39 is 21.6 Å². The number of halogens is 3. The third kappa shape index (κ3) is 4.72. The molecule has 26 heavy (non-hydrogen) atoms. The minimum atomic E-state index is -0.548. The zero-order valence-electron chi connectivity index (χ0n) is 14.2. The summed E-state index contributed by atoms with van der Waals surface area (Å²) in [5, 5.41) is 8.67.